The lowest BCUT2D eigenvalue weighted by Gasteiger charge is -2.20. The number of ether oxygens (including phenoxy) is 4. The Morgan fingerprint density at radius 3 is 1.68 bits per heavy atom. The molecule has 0 heterocycles. The van der Waals surface area contributed by atoms with Crippen molar-refractivity contribution in [2.75, 3.05) is 39.6 Å². The van der Waals surface area contributed by atoms with Crippen LogP contribution < -0.4 is 4.74 Å². The van der Waals surface area contributed by atoms with Gasteiger partial charge in [0.25, 0.3) is 0 Å². The van der Waals surface area contributed by atoms with Gasteiger partial charge in [-0.25, -0.2) is 0 Å². The molecule has 0 amide bonds. The molecule has 0 fully saturated rings. The van der Waals surface area contributed by atoms with Gasteiger partial charge in [0.15, 0.2) is 0 Å². The van der Waals surface area contributed by atoms with E-state index < -0.39 is 0 Å². The smallest absolute Gasteiger partial charge is 0.127 e. The fraction of sp³-hybridized carbons (Fsp3) is 0.722. The summed E-state index contributed by atoms with van der Waals surface area (Å²) in [4.78, 5) is 0. The van der Waals surface area contributed by atoms with Crippen molar-refractivity contribution >= 4 is 10.8 Å². The Bertz CT molecular complexity index is 818. The van der Waals surface area contributed by atoms with Gasteiger partial charge in [0.05, 0.1) is 33.0 Å². The van der Waals surface area contributed by atoms with E-state index in [1.807, 2.05) is 6.92 Å². The van der Waals surface area contributed by atoms with E-state index in [4.69, 9.17) is 18.9 Å². The SMILES string of the molecule is CCCCCCCCCCCCCCCCCCC(COCCOCCOCC)Oc1cccc2ccccc12. The molecule has 1 atom stereocenters. The number of rotatable bonds is 28. The molecular formula is C36H60O4. The first kappa shape index (κ1) is 34.6. The van der Waals surface area contributed by atoms with Crippen LogP contribution in [0.4, 0.5) is 0 Å². The van der Waals surface area contributed by atoms with Gasteiger partial charge < -0.3 is 18.9 Å². The summed E-state index contributed by atoms with van der Waals surface area (Å²) in [5.41, 5.74) is 0. The predicted molar refractivity (Wildman–Crippen MR) is 171 cm³/mol. The van der Waals surface area contributed by atoms with Crippen LogP contribution in [-0.2, 0) is 14.2 Å². The quantitative estimate of drug-likeness (QED) is 0.0977. The highest BCUT2D eigenvalue weighted by molar-refractivity contribution is 5.88. The molecule has 2 aromatic rings. The third-order valence-electron chi connectivity index (χ3n) is 7.67. The second kappa shape index (κ2) is 25.1. The van der Waals surface area contributed by atoms with Gasteiger partial charge in [-0.1, -0.05) is 140 Å². The van der Waals surface area contributed by atoms with E-state index in [2.05, 4.69) is 49.4 Å². The second-order valence-electron chi connectivity index (χ2n) is 11.2. The summed E-state index contributed by atoms with van der Waals surface area (Å²) in [5, 5.41) is 2.38. The first-order valence-electron chi connectivity index (χ1n) is 16.7. The van der Waals surface area contributed by atoms with Crippen molar-refractivity contribution in [1.82, 2.24) is 0 Å². The highest BCUT2D eigenvalue weighted by atomic mass is 16.6. The summed E-state index contributed by atoms with van der Waals surface area (Å²) in [6.07, 6.45) is 23.3. The average Bonchev–Trinajstić information content (AvgIpc) is 2.98. The van der Waals surface area contributed by atoms with Gasteiger partial charge in [-0.05, 0) is 31.2 Å². The highest BCUT2D eigenvalue weighted by Gasteiger charge is 2.13. The molecule has 2 aromatic carbocycles. The van der Waals surface area contributed by atoms with Crippen LogP contribution in [0.25, 0.3) is 10.8 Å². The van der Waals surface area contributed by atoms with Gasteiger partial charge in [-0.2, -0.15) is 0 Å². The molecule has 0 N–H and O–H groups in total. The molecule has 2 rings (SSSR count). The summed E-state index contributed by atoms with van der Waals surface area (Å²) >= 11 is 0. The van der Waals surface area contributed by atoms with E-state index in [-0.39, 0.29) is 6.10 Å². The maximum Gasteiger partial charge on any atom is 0.127 e. The summed E-state index contributed by atoms with van der Waals surface area (Å²) in [7, 11) is 0. The molecule has 0 saturated carbocycles. The summed E-state index contributed by atoms with van der Waals surface area (Å²) in [6, 6.07) is 14.7. The van der Waals surface area contributed by atoms with Crippen molar-refractivity contribution in [3.05, 3.63) is 42.5 Å². The van der Waals surface area contributed by atoms with Crippen LogP contribution in [-0.4, -0.2) is 45.7 Å². The van der Waals surface area contributed by atoms with E-state index in [0.29, 0.717) is 33.0 Å². The van der Waals surface area contributed by atoms with Crippen molar-refractivity contribution in [2.24, 2.45) is 0 Å². The van der Waals surface area contributed by atoms with Crippen LogP contribution >= 0.6 is 0 Å². The largest absolute Gasteiger partial charge is 0.487 e. The molecule has 1 unspecified atom stereocenters. The number of fused-ring (bicyclic) bond motifs is 1. The Balaban J connectivity index is 1.58. The standard InChI is InChI=1S/C36H60O4/c1-3-5-6-7-8-9-10-11-12-13-14-15-16-17-18-19-25-34(32-39-31-30-38-29-28-37-4-2)40-36-27-22-24-33-23-20-21-26-35(33)36/h20-24,26-27,34H,3-19,25,28-32H2,1-2H3. The number of hydrogen-bond donors (Lipinski definition) is 0. The van der Waals surface area contributed by atoms with E-state index in [1.165, 1.54) is 114 Å². The maximum absolute atomic E-state index is 6.53. The van der Waals surface area contributed by atoms with Gasteiger partial charge in [0.2, 0.25) is 0 Å². The Kier molecular flexibility index (Phi) is 21.7. The van der Waals surface area contributed by atoms with Crippen LogP contribution in [0.1, 0.15) is 123 Å². The first-order valence-corrected chi connectivity index (χ1v) is 16.7. The maximum atomic E-state index is 6.53. The second-order valence-corrected chi connectivity index (χ2v) is 11.2. The zero-order chi connectivity index (χ0) is 28.4. The molecule has 40 heavy (non-hydrogen) atoms. The molecule has 0 saturated heterocycles. The fourth-order valence-electron chi connectivity index (χ4n) is 5.27. The summed E-state index contributed by atoms with van der Waals surface area (Å²) < 4.78 is 23.4. The molecule has 0 aromatic heterocycles. The summed E-state index contributed by atoms with van der Waals surface area (Å²) in [5.74, 6) is 0.955. The normalized spacial score (nSPS) is 12.2. The number of benzene rings is 2. The molecule has 0 aliphatic carbocycles. The minimum absolute atomic E-state index is 0.0564. The third kappa shape index (κ3) is 17.3. The highest BCUT2D eigenvalue weighted by Crippen LogP contribution is 2.27. The zero-order valence-corrected chi connectivity index (χ0v) is 26.0. The van der Waals surface area contributed by atoms with E-state index in [9.17, 15) is 0 Å². The minimum Gasteiger partial charge on any atom is -0.487 e. The van der Waals surface area contributed by atoms with Crippen LogP contribution in [0.5, 0.6) is 5.75 Å². The van der Waals surface area contributed by atoms with Crippen molar-refractivity contribution in [3.8, 4) is 5.75 Å². The molecule has 0 aliphatic heterocycles. The molecule has 228 valence electrons. The van der Waals surface area contributed by atoms with E-state index >= 15 is 0 Å². The number of unbranched alkanes of at least 4 members (excludes halogenated alkanes) is 15. The molecule has 0 bridgehead atoms. The Morgan fingerprint density at radius 2 is 1.05 bits per heavy atom. The van der Waals surface area contributed by atoms with Gasteiger partial charge in [-0.15, -0.1) is 0 Å². The Labute approximate surface area is 246 Å². The summed E-state index contributed by atoms with van der Waals surface area (Å²) in [6.45, 7) is 8.05. The lowest BCUT2D eigenvalue weighted by atomic mass is 10.0. The van der Waals surface area contributed by atoms with Gasteiger partial charge in [0.1, 0.15) is 11.9 Å². The van der Waals surface area contributed by atoms with Crippen molar-refractivity contribution in [3.63, 3.8) is 0 Å². The third-order valence-corrected chi connectivity index (χ3v) is 7.67. The van der Waals surface area contributed by atoms with Crippen molar-refractivity contribution < 1.29 is 18.9 Å². The Morgan fingerprint density at radius 1 is 0.525 bits per heavy atom. The van der Waals surface area contributed by atoms with Gasteiger partial charge in [-0.3, -0.25) is 0 Å². The zero-order valence-electron chi connectivity index (χ0n) is 26.0. The fourth-order valence-corrected chi connectivity index (χ4v) is 5.27. The lowest BCUT2D eigenvalue weighted by molar-refractivity contribution is -0.00489. The van der Waals surface area contributed by atoms with Crippen molar-refractivity contribution in [2.45, 2.75) is 129 Å². The average molecular weight is 557 g/mol. The Hall–Kier alpha value is -1.62. The minimum atomic E-state index is 0.0564. The predicted octanol–water partition coefficient (Wildman–Crippen LogP) is 10.3. The van der Waals surface area contributed by atoms with Crippen LogP contribution in [0.3, 0.4) is 0 Å². The topological polar surface area (TPSA) is 36.9 Å². The van der Waals surface area contributed by atoms with E-state index in [0.717, 1.165) is 18.8 Å². The van der Waals surface area contributed by atoms with Crippen molar-refractivity contribution in [1.29, 1.82) is 0 Å². The molecule has 0 radical (unpaired) electrons. The molecule has 4 nitrogen and oxygen atoms in total. The molecule has 0 aliphatic rings. The lowest BCUT2D eigenvalue weighted by Crippen LogP contribution is -2.24. The van der Waals surface area contributed by atoms with E-state index in [1.54, 1.807) is 0 Å². The van der Waals surface area contributed by atoms with Crippen LogP contribution in [0.2, 0.25) is 0 Å². The molecular weight excluding hydrogens is 496 g/mol. The molecule has 4 heteroatoms. The van der Waals surface area contributed by atoms with Gasteiger partial charge >= 0.3 is 0 Å². The van der Waals surface area contributed by atoms with Crippen LogP contribution in [0, 0.1) is 0 Å². The van der Waals surface area contributed by atoms with Crippen LogP contribution in [0.15, 0.2) is 42.5 Å². The first-order chi connectivity index (χ1) is 19.8. The number of hydrogen-bond acceptors (Lipinski definition) is 4. The molecule has 0 spiro atoms. The van der Waals surface area contributed by atoms with Gasteiger partial charge in [0, 0.05) is 12.0 Å². The monoisotopic (exact) mass is 556 g/mol.